The van der Waals surface area contributed by atoms with Gasteiger partial charge in [0.15, 0.2) is 5.76 Å². The molecule has 168 valence electrons. The monoisotopic (exact) mass is 537 g/mol. The lowest BCUT2D eigenvalue weighted by atomic mass is 10.1. The molecule has 1 aromatic carbocycles. The van der Waals surface area contributed by atoms with Crippen LogP contribution in [0.5, 0.6) is 0 Å². The van der Waals surface area contributed by atoms with Gasteiger partial charge in [-0.1, -0.05) is 30.3 Å². The van der Waals surface area contributed by atoms with Crippen molar-refractivity contribution in [3.63, 3.8) is 0 Å². The number of carbonyl (C=O) groups is 2. The van der Waals surface area contributed by atoms with E-state index < -0.39 is 16.1 Å². The first-order chi connectivity index (χ1) is 15.3. The van der Waals surface area contributed by atoms with Gasteiger partial charge in [0.1, 0.15) is 10.3 Å². The molecule has 1 N–H and O–H groups in total. The average molecular weight is 538 g/mol. The Kier molecular flexibility index (Phi) is 6.79. The minimum absolute atomic E-state index is 0.118. The first-order valence-corrected chi connectivity index (χ1v) is 12.9. The third-order valence-corrected chi connectivity index (χ3v) is 8.62. The standard InChI is InChI=1S/C21H20BrN3O5S2/c22-17-8-9-18(31-17)32(28,29)23-19(15-5-2-1-3-6-15)21(27)25-12-10-24(11-13-25)20(26)16-7-4-14-30-16/h1-9,14,19,23H,10-13H2. The zero-order valence-corrected chi connectivity index (χ0v) is 20.0. The van der Waals surface area contributed by atoms with E-state index in [-0.39, 0.29) is 21.8 Å². The molecule has 2 aromatic heterocycles. The van der Waals surface area contributed by atoms with Gasteiger partial charge in [0, 0.05) is 26.2 Å². The summed E-state index contributed by atoms with van der Waals surface area (Å²) in [5, 5.41) is 0. The predicted molar refractivity (Wildman–Crippen MR) is 123 cm³/mol. The first-order valence-electron chi connectivity index (χ1n) is 9.79. The topological polar surface area (TPSA) is 99.9 Å². The van der Waals surface area contributed by atoms with Crippen molar-refractivity contribution in [3.8, 4) is 0 Å². The highest BCUT2D eigenvalue weighted by molar-refractivity contribution is 9.11. The van der Waals surface area contributed by atoms with Crippen molar-refractivity contribution in [1.82, 2.24) is 14.5 Å². The molecule has 2 amide bonds. The molecule has 1 aliphatic heterocycles. The van der Waals surface area contributed by atoms with Crippen molar-refractivity contribution >= 4 is 49.1 Å². The van der Waals surface area contributed by atoms with E-state index in [2.05, 4.69) is 20.7 Å². The Morgan fingerprint density at radius 2 is 1.66 bits per heavy atom. The van der Waals surface area contributed by atoms with Gasteiger partial charge >= 0.3 is 0 Å². The molecule has 32 heavy (non-hydrogen) atoms. The van der Waals surface area contributed by atoms with Crippen molar-refractivity contribution in [3.05, 3.63) is 76.0 Å². The maximum Gasteiger partial charge on any atom is 0.289 e. The number of hydrogen-bond donors (Lipinski definition) is 1. The molecule has 0 spiro atoms. The second-order valence-electron chi connectivity index (χ2n) is 7.12. The van der Waals surface area contributed by atoms with Gasteiger partial charge in [-0.3, -0.25) is 9.59 Å². The average Bonchev–Trinajstić information content (AvgIpc) is 3.50. The third kappa shape index (κ3) is 4.96. The van der Waals surface area contributed by atoms with Crippen LogP contribution in [0.1, 0.15) is 22.2 Å². The molecular weight excluding hydrogens is 518 g/mol. The van der Waals surface area contributed by atoms with E-state index in [1.54, 1.807) is 58.3 Å². The van der Waals surface area contributed by atoms with Crippen LogP contribution in [0.3, 0.4) is 0 Å². The zero-order chi connectivity index (χ0) is 22.7. The largest absolute Gasteiger partial charge is 0.459 e. The molecule has 3 heterocycles. The molecule has 11 heteroatoms. The molecule has 0 radical (unpaired) electrons. The number of nitrogens with zero attached hydrogens (tertiary/aromatic N) is 2. The van der Waals surface area contributed by atoms with Gasteiger partial charge in [0.2, 0.25) is 5.91 Å². The van der Waals surface area contributed by atoms with Crippen LogP contribution in [0, 0.1) is 0 Å². The Hall–Kier alpha value is -2.47. The normalized spacial score (nSPS) is 15.5. The summed E-state index contributed by atoms with van der Waals surface area (Å²) in [6.45, 7) is 1.25. The molecule has 1 unspecified atom stereocenters. The maximum atomic E-state index is 13.4. The lowest BCUT2D eigenvalue weighted by molar-refractivity contribution is -0.134. The number of piperazine rings is 1. The maximum absolute atomic E-state index is 13.4. The van der Waals surface area contributed by atoms with Crippen LogP contribution in [0.2, 0.25) is 0 Å². The van der Waals surface area contributed by atoms with E-state index in [1.807, 2.05) is 0 Å². The second kappa shape index (κ2) is 9.57. The highest BCUT2D eigenvalue weighted by Gasteiger charge is 2.34. The van der Waals surface area contributed by atoms with Crippen LogP contribution >= 0.6 is 27.3 Å². The highest BCUT2D eigenvalue weighted by atomic mass is 79.9. The van der Waals surface area contributed by atoms with E-state index in [0.717, 1.165) is 11.3 Å². The van der Waals surface area contributed by atoms with Gasteiger partial charge in [-0.05, 0) is 45.8 Å². The van der Waals surface area contributed by atoms with Crippen LogP contribution < -0.4 is 4.72 Å². The second-order valence-corrected chi connectivity index (χ2v) is 11.5. The summed E-state index contributed by atoms with van der Waals surface area (Å²) < 4.78 is 34.4. The summed E-state index contributed by atoms with van der Waals surface area (Å²) in [5.41, 5.74) is 0.547. The van der Waals surface area contributed by atoms with E-state index in [4.69, 9.17) is 4.42 Å². The Balaban J connectivity index is 1.51. The van der Waals surface area contributed by atoms with Crippen LogP contribution in [0.25, 0.3) is 0 Å². The Labute approximate surface area is 198 Å². The van der Waals surface area contributed by atoms with Crippen molar-refractivity contribution in [2.24, 2.45) is 0 Å². The molecule has 1 atom stereocenters. The Morgan fingerprint density at radius 3 is 2.25 bits per heavy atom. The summed E-state index contributed by atoms with van der Waals surface area (Å²) in [6, 6.07) is 14.0. The fourth-order valence-corrected chi connectivity index (χ4v) is 6.63. The highest BCUT2D eigenvalue weighted by Crippen LogP contribution is 2.28. The van der Waals surface area contributed by atoms with Crippen molar-refractivity contribution in [1.29, 1.82) is 0 Å². The molecule has 0 saturated carbocycles. The molecule has 3 aromatic rings. The lowest BCUT2D eigenvalue weighted by Gasteiger charge is -2.36. The number of sulfonamides is 1. The summed E-state index contributed by atoms with van der Waals surface area (Å²) in [4.78, 5) is 29.1. The van der Waals surface area contributed by atoms with E-state index >= 15 is 0 Å². The summed E-state index contributed by atoms with van der Waals surface area (Å²) in [6.07, 6.45) is 1.44. The van der Waals surface area contributed by atoms with Crippen LogP contribution in [0.15, 0.2) is 73.3 Å². The van der Waals surface area contributed by atoms with Gasteiger partial charge in [0.05, 0.1) is 10.0 Å². The fourth-order valence-electron chi connectivity index (χ4n) is 3.43. The Morgan fingerprint density at radius 1 is 0.969 bits per heavy atom. The van der Waals surface area contributed by atoms with E-state index in [0.29, 0.717) is 35.5 Å². The number of thiophene rings is 1. The molecule has 1 saturated heterocycles. The number of amides is 2. The summed E-state index contributed by atoms with van der Waals surface area (Å²) in [5.74, 6) is -0.340. The molecule has 1 aliphatic rings. The number of halogens is 1. The van der Waals surface area contributed by atoms with Gasteiger partial charge in [-0.15, -0.1) is 11.3 Å². The van der Waals surface area contributed by atoms with Gasteiger partial charge in [-0.25, -0.2) is 8.42 Å². The molecule has 0 aliphatic carbocycles. The number of furan rings is 1. The smallest absolute Gasteiger partial charge is 0.289 e. The Bertz CT molecular complexity index is 1190. The van der Waals surface area contributed by atoms with Crippen molar-refractivity contribution in [2.45, 2.75) is 10.3 Å². The number of rotatable bonds is 6. The third-order valence-electron chi connectivity index (χ3n) is 5.08. The number of hydrogen-bond acceptors (Lipinski definition) is 6. The zero-order valence-electron chi connectivity index (χ0n) is 16.8. The van der Waals surface area contributed by atoms with E-state index in [1.165, 1.54) is 12.3 Å². The van der Waals surface area contributed by atoms with Crippen LogP contribution in [-0.4, -0.2) is 56.2 Å². The van der Waals surface area contributed by atoms with Gasteiger partial charge < -0.3 is 14.2 Å². The fraction of sp³-hybridized carbons (Fsp3) is 0.238. The van der Waals surface area contributed by atoms with Crippen molar-refractivity contribution in [2.75, 3.05) is 26.2 Å². The molecule has 8 nitrogen and oxygen atoms in total. The minimum Gasteiger partial charge on any atom is -0.459 e. The number of nitrogens with one attached hydrogen (secondary N) is 1. The molecular formula is C21H20BrN3O5S2. The van der Waals surface area contributed by atoms with Crippen LogP contribution in [-0.2, 0) is 14.8 Å². The van der Waals surface area contributed by atoms with E-state index in [9.17, 15) is 18.0 Å². The predicted octanol–water partition coefficient (Wildman–Crippen LogP) is 3.11. The quantitative estimate of drug-likeness (QED) is 0.520. The minimum atomic E-state index is -3.91. The molecule has 0 bridgehead atoms. The number of benzene rings is 1. The van der Waals surface area contributed by atoms with Crippen molar-refractivity contribution < 1.29 is 22.4 Å². The summed E-state index contributed by atoms with van der Waals surface area (Å²) >= 11 is 4.34. The van der Waals surface area contributed by atoms with Crippen LogP contribution in [0.4, 0.5) is 0 Å². The SMILES string of the molecule is O=C(c1ccco1)N1CCN(C(=O)C(NS(=O)(=O)c2ccc(Br)s2)c2ccccc2)CC1. The lowest BCUT2D eigenvalue weighted by Crippen LogP contribution is -2.53. The number of carbonyl (C=O) groups excluding carboxylic acids is 2. The summed E-state index contributed by atoms with van der Waals surface area (Å²) in [7, 11) is -3.91. The molecule has 1 fully saturated rings. The van der Waals surface area contributed by atoms with Gasteiger partial charge in [-0.2, -0.15) is 4.72 Å². The van der Waals surface area contributed by atoms with Gasteiger partial charge in [0.25, 0.3) is 15.9 Å². The molecule has 4 rings (SSSR count). The first kappa shape index (κ1) is 22.7.